The van der Waals surface area contributed by atoms with E-state index in [1.807, 2.05) is 19.1 Å². The van der Waals surface area contributed by atoms with Gasteiger partial charge < -0.3 is 10.4 Å². The molecule has 0 spiro atoms. The van der Waals surface area contributed by atoms with E-state index in [9.17, 15) is 23.5 Å². The lowest BCUT2D eigenvalue weighted by atomic mass is 10.0. The number of carbonyl (C=O) groups is 2. The molecule has 23 heavy (non-hydrogen) atoms. The highest BCUT2D eigenvalue weighted by Crippen LogP contribution is 2.12. The first-order valence-electron chi connectivity index (χ1n) is 6.91. The van der Waals surface area contributed by atoms with E-state index in [2.05, 4.69) is 5.32 Å². The van der Waals surface area contributed by atoms with Crippen LogP contribution in [-0.4, -0.2) is 23.0 Å². The number of rotatable bonds is 5. The lowest BCUT2D eigenvalue weighted by Gasteiger charge is -2.16. The summed E-state index contributed by atoms with van der Waals surface area (Å²) < 4.78 is 26.0. The largest absolute Gasteiger partial charge is 0.480 e. The SMILES string of the molecule is Cc1ccccc1C[C@H](NC(=O)c1ccc(F)c(F)c1)C(=O)O. The molecule has 0 aliphatic carbocycles. The van der Waals surface area contributed by atoms with Crippen molar-refractivity contribution in [2.24, 2.45) is 0 Å². The highest BCUT2D eigenvalue weighted by molar-refractivity contribution is 5.96. The number of hydrogen-bond acceptors (Lipinski definition) is 2. The topological polar surface area (TPSA) is 66.4 Å². The van der Waals surface area contributed by atoms with Crippen LogP contribution in [0.15, 0.2) is 42.5 Å². The van der Waals surface area contributed by atoms with Crippen LogP contribution in [0.1, 0.15) is 21.5 Å². The van der Waals surface area contributed by atoms with Gasteiger partial charge in [0.1, 0.15) is 6.04 Å². The molecule has 0 fully saturated rings. The van der Waals surface area contributed by atoms with Gasteiger partial charge >= 0.3 is 5.97 Å². The summed E-state index contributed by atoms with van der Waals surface area (Å²) in [6.45, 7) is 1.84. The normalized spacial score (nSPS) is 11.8. The Balaban J connectivity index is 2.16. The first kappa shape index (κ1) is 16.6. The van der Waals surface area contributed by atoms with E-state index in [1.165, 1.54) is 0 Å². The molecule has 0 heterocycles. The minimum Gasteiger partial charge on any atom is -0.480 e. The van der Waals surface area contributed by atoms with E-state index in [-0.39, 0.29) is 12.0 Å². The van der Waals surface area contributed by atoms with Crippen LogP contribution in [0.25, 0.3) is 0 Å². The van der Waals surface area contributed by atoms with Crippen molar-refractivity contribution < 1.29 is 23.5 Å². The number of amides is 1. The molecule has 0 aliphatic rings. The molecule has 2 N–H and O–H groups in total. The second-order valence-corrected chi connectivity index (χ2v) is 5.12. The van der Waals surface area contributed by atoms with Crippen LogP contribution >= 0.6 is 0 Å². The summed E-state index contributed by atoms with van der Waals surface area (Å²) in [6, 6.07) is 8.70. The predicted octanol–water partition coefficient (Wildman–Crippen LogP) is 2.70. The van der Waals surface area contributed by atoms with Gasteiger partial charge in [-0.25, -0.2) is 13.6 Å². The Hall–Kier alpha value is -2.76. The fraction of sp³-hybridized carbons (Fsp3) is 0.176. The van der Waals surface area contributed by atoms with E-state index in [4.69, 9.17) is 0 Å². The average molecular weight is 319 g/mol. The number of benzene rings is 2. The van der Waals surface area contributed by atoms with E-state index in [0.717, 1.165) is 29.3 Å². The van der Waals surface area contributed by atoms with Crippen molar-refractivity contribution >= 4 is 11.9 Å². The van der Waals surface area contributed by atoms with Crippen molar-refractivity contribution in [1.29, 1.82) is 0 Å². The number of hydrogen-bond donors (Lipinski definition) is 2. The minimum absolute atomic E-state index is 0.0947. The molecule has 0 saturated carbocycles. The van der Waals surface area contributed by atoms with Gasteiger partial charge in [-0.1, -0.05) is 24.3 Å². The first-order valence-corrected chi connectivity index (χ1v) is 6.91. The van der Waals surface area contributed by atoms with Gasteiger partial charge in [0, 0.05) is 12.0 Å². The summed E-state index contributed by atoms with van der Waals surface area (Å²) in [5, 5.41) is 11.6. The van der Waals surface area contributed by atoms with Crippen LogP contribution in [0, 0.1) is 18.6 Å². The third kappa shape index (κ3) is 4.12. The zero-order chi connectivity index (χ0) is 17.0. The van der Waals surface area contributed by atoms with Gasteiger partial charge in [-0.05, 0) is 36.2 Å². The Labute approximate surface area is 131 Å². The van der Waals surface area contributed by atoms with Crippen molar-refractivity contribution in [3.8, 4) is 0 Å². The third-order valence-electron chi connectivity index (χ3n) is 3.47. The van der Waals surface area contributed by atoms with Crippen LogP contribution < -0.4 is 5.32 Å². The molecule has 0 radical (unpaired) electrons. The lowest BCUT2D eigenvalue weighted by Crippen LogP contribution is -2.42. The predicted molar refractivity (Wildman–Crippen MR) is 80.1 cm³/mol. The van der Waals surface area contributed by atoms with Crippen molar-refractivity contribution in [2.45, 2.75) is 19.4 Å². The van der Waals surface area contributed by atoms with Crippen molar-refractivity contribution in [1.82, 2.24) is 5.32 Å². The standard InChI is InChI=1S/C17H15F2NO3/c1-10-4-2-3-5-11(10)9-15(17(22)23)20-16(21)12-6-7-13(18)14(19)8-12/h2-8,15H,9H2,1H3,(H,20,21)(H,22,23)/t15-/m0/s1. The highest BCUT2D eigenvalue weighted by Gasteiger charge is 2.22. The van der Waals surface area contributed by atoms with Crippen molar-refractivity contribution in [3.05, 3.63) is 70.8 Å². The first-order chi connectivity index (χ1) is 10.9. The van der Waals surface area contributed by atoms with E-state index in [1.54, 1.807) is 12.1 Å². The summed E-state index contributed by atoms with van der Waals surface area (Å²) >= 11 is 0. The maximum atomic E-state index is 13.2. The maximum Gasteiger partial charge on any atom is 0.326 e. The third-order valence-corrected chi connectivity index (χ3v) is 3.47. The Morgan fingerprint density at radius 3 is 2.43 bits per heavy atom. The zero-order valence-electron chi connectivity index (χ0n) is 12.3. The van der Waals surface area contributed by atoms with Gasteiger partial charge in [0.25, 0.3) is 5.91 Å². The molecule has 1 amide bonds. The second-order valence-electron chi connectivity index (χ2n) is 5.12. The molecule has 2 aromatic rings. The highest BCUT2D eigenvalue weighted by atomic mass is 19.2. The number of aryl methyl sites for hydroxylation is 1. The average Bonchev–Trinajstić information content (AvgIpc) is 2.51. The Bertz CT molecular complexity index is 746. The van der Waals surface area contributed by atoms with Gasteiger partial charge in [0.15, 0.2) is 11.6 Å². The molecule has 0 aliphatic heterocycles. The Kier molecular flexibility index (Phi) is 5.05. The Morgan fingerprint density at radius 2 is 1.83 bits per heavy atom. The molecule has 0 saturated heterocycles. The quantitative estimate of drug-likeness (QED) is 0.890. The summed E-state index contributed by atoms with van der Waals surface area (Å²) in [4.78, 5) is 23.4. The zero-order valence-corrected chi connectivity index (χ0v) is 12.3. The van der Waals surface area contributed by atoms with Gasteiger partial charge in [-0.15, -0.1) is 0 Å². The molecular formula is C17H15F2NO3. The van der Waals surface area contributed by atoms with Crippen molar-refractivity contribution in [2.75, 3.05) is 0 Å². The molecular weight excluding hydrogens is 304 g/mol. The summed E-state index contributed by atoms with van der Waals surface area (Å²) in [7, 11) is 0. The van der Waals surface area contributed by atoms with E-state index < -0.39 is 29.6 Å². The maximum absolute atomic E-state index is 13.2. The molecule has 6 heteroatoms. The van der Waals surface area contributed by atoms with Gasteiger partial charge in [-0.3, -0.25) is 4.79 Å². The molecule has 4 nitrogen and oxygen atoms in total. The summed E-state index contributed by atoms with van der Waals surface area (Å²) in [5.41, 5.74) is 1.55. The number of nitrogens with one attached hydrogen (secondary N) is 1. The number of aliphatic carboxylic acids is 1. The molecule has 0 aromatic heterocycles. The summed E-state index contributed by atoms with van der Waals surface area (Å²) in [5.74, 6) is -4.21. The number of carboxylic acids is 1. The number of carbonyl (C=O) groups excluding carboxylic acids is 1. The van der Waals surface area contributed by atoms with Crippen LogP contribution in [0.2, 0.25) is 0 Å². The lowest BCUT2D eigenvalue weighted by molar-refractivity contribution is -0.139. The fourth-order valence-electron chi connectivity index (χ4n) is 2.14. The summed E-state index contributed by atoms with van der Waals surface area (Å²) in [6.07, 6.45) is 0.0947. The number of carboxylic acid groups (broad SMARTS) is 1. The van der Waals surface area contributed by atoms with Gasteiger partial charge in [-0.2, -0.15) is 0 Å². The van der Waals surface area contributed by atoms with Crippen LogP contribution in [0.5, 0.6) is 0 Å². The van der Waals surface area contributed by atoms with Crippen LogP contribution in [-0.2, 0) is 11.2 Å². The van der Waals surface area contributed by atoms with Gasteiger partial charge in [0.2, 0.25) is 0 Å². The number of halogens is 2. The molecule has 0 unspecified atom stereocenters. The Morgan fingerprint density at radius 1 is 1.13 bits per heavy atom. The smallest absolute Gasteiger partial charge is 0.326 e. The van der Waals surface area contributed by atoms with Crippen LogP contribution in [0.4, 0.5) is 8.78 Å². The molecule has 2 rings (SSSR count). The monoisotopic (exact) mass is 319 g/mol. The second kappa shape index (κ2) is 7.00. The molecule has 2 aromatic carbocycles. The molecule has 0 bridgehead atoms. The molecule has 1 atom stereocenters. The molecule has 120 valence electrons. The van der Waals surface area contributed by atoms with E-state index >= 15 is 0 Å². The van der Waals surface area contributed by atoms with Crippen molar-refractivity contribution in [3.63, 3.8) is 0 Å². The van der Waals surface area contributed by atoms with E-state index in [0.29, 0.717) is 0 Å². The van der Waals surface area contributed by atoms with Crippen LogP contribution in [0.3, 0.4) is 0 Å². The van der Waals surface area contributed by atoms with Gasteiger partial charge in [0.05, 0.1) is 0 Å². The minimum atomic E-state index is -1.20. The fourth-order valence-corrected chi connectivity index (χ4v) is 2.14.